The molecule has 0 aliphatic rings. The maximum absolute atomic E-state index is 13.9. The lowest BCUT2D eigenvalue weighted by atomic mass is 9.92. The lowest BCUT2D eigenvalue weighted by Gasteiger charge is -2.39. The van der Waals surface area contributed by atoms with Crippen LogP contribution in [-0.4, -0.2) is 60.2 Å². The Labute approximate surface area is 264 Å². The number of ether oxygens (including phenoxy) is 2. The monoisotopic (exact) mass is 706 g/mol. The third-order valence-corrected chi connectivity index (χ3v) is 7.34. The third kappa shape index (κ3) is 10.8. The molecule has 0 spiro atoms. The van der Waals surface area contributed by atoms with Crippen molar-refractivity contribution in [1.82, 2.24) is 0 Å². The van der Waals surface area contributed by atoms with E-state index >= 15 is 0 Å². The summed E-state index contributed by atoms with van der Waals surface area (Å²) >= 11 is 0. The summed E-state index contributed by atoms with van der Waals surface area (Å²) in [6.07, 6.45) is -1.32. The number of aliphatic hydroxyl groups excluding tert-OH is 1. The molecule has 4 atom stereocenters. The molecule has 1 rings (SSSR count). The number of alkyl halides is 13. The molecule has 0 aliphatic carbocycles. The Morgan fingerprint density at radius 1 is 0.702 bits per heavy atom. The number of aliphatic hydroxyl groups is 1. The highest BCUT2D eigenvalue weighted by atomic mass is 19.4. The second kappa shape index (κ2) is 16.8. The van der Waals surface area contributed by atoms with E-state index in [1.807, 2.05) is 39.0 Å². The van der Waals surface area contributed by atoms with Crippen LogP contribution in [0.25, 0.3) is 0 Å². The molecule has 16 heteroatoms. The van der Waals surface area contributed by atoms with Crippen LogP contribution in [0.15, 0.2) is 48.6 Å². The lowest BCUT2D eigenvalue weighted by molar-refractivity contribution is -0.440. The van der Waals surface area contributed by atoms with E-state index in [4.69, 9.17) is 14.6 Å². The van der Waals surface area contributed by atoms with Gasteiger partial charge in [0.05, 0.1) is 19.3 Å². The van der Waals surface area contributed by atoms with Gasteiger partial charge in [0.15, 0.2) is 0 Å². The first-order valence-corrected chi connectivity index (χ1v) is 14.6. The summed E-state index contributed by atoms with van der Waals surface area (Å²) in [6.45, 7) is 7.29. The zero-order valence-corrected chi connectivity index (χ0v) is 26.1. The normalized spacial score (nSPS) is 16.9. The maximum atomic E-state index is 13.9. The fraction of sp³-hybridized carbons (Fsp3) is 0.677. The van der Waals surface area contributed by atoms with E-state index in [1.165, 1.54) is 24.3 Å². The standard InChI is InChI=1S/C31H39F13O3/c1-20(8-5-10-21(2)18-45)9-6-11-22(3)23(4)47-19-24-12-14-25(15-13-24)46-17-7-16-26(32,33)27(34,35)28(36,37)29(38,39)30(40,41)31(42,43)44/h5-6,8,11-15,20-23,45H,7,9-10,16-19H2,1-4H3/b8-5+,11-6+/t20-,21-,22+,23-/m1/s1. The molecule has 0 unspecified atom stereocenters. The number of benzene rings is 1. The van der Waals surface area contributed by atoms with Crippen LogP contribution in [-0.2, 0) is 11.3 Å². The second-order valence-corrected chi connectivity index (χ2v) is 11.6. The molecule has 272 valence electrons. The van der Waals surface area contributed by atoms with Crippen LogP contribution in [0.4, 0.5) is 57.1 Å². The minimum Gasteiger partial charge on any atom is -0.494 e. The zero-order valence-electron chi connectivity index (χ0n) is 26.1. The van der Waals surface area contributed by atoms with Gasteiger partial charge in [-0.1, -0.05) is 57.2 Å². The van der Waals surface area contributed by atoms with Crippen molar-refractivity contribution in [3.8, 4) is 5.75 Å². The molecule has 0 radical (unpaired) electrons. The molecule has 0 aliphatic heterocycles. The van der Waals surface area contributed by atoms with Crippen LogP contribution in [0.2, 0.25) is 0 Å². The Bertz CT molecular complexity index is 1130. The Hall–Kier alpha value is -2.49. The Morgan fingerprint density at radius 3 is 1.77 bits per heavy atom. The quantitative estimate of drug-likeness (QED) is 0.0834. The molecule has 1 N–H and O–H groups in total. The van der Waals surface area contributed by atoms with E-state index in [9.17, 15) is 57.1 Å². The summed E-state index contributed by atoms with van der Waals surface area (Å²) < 4.78 is 183. The number of halogens is 13. The van der Waals surface area contributed by atoms with Crippen molar-refractivity contribution in [3.63, 3.8) is 0 Å². The molecule has 1 aromatic carbocycles. The highest BCUT2D eigenvalue weighted by Gasteiger charge is 2.90. The van der Waals surface area contributed by atoms with Gasteiger partial charge in [0.25, 0.3) is 0 Å². The van der Waals surface area contributed by atoms with Gasteiger partial charge in [0.2, 0.25) is 0 Å². The van der Waals surface area contributed by atoms with E-state index in [-0.39, 0.29) is 36.9 Å². The predicted molar refractivity (Wildman–Crippen MR) is 148 cm³/mol. The molecule has 0 saturated carbocycles. The molecule has 0 fully saturated rings. The first kappa shape index (κ1) is 42.5. The number of rotatable bonds is 20. The van der Waals surface area contributed by atoms with Crippen LogP contribution in [0.1, 0.15) is 58.9 Å². The second-order valence-electron chi connectivity index (χ2n) is 11.6. The van der Waals surface area contributed by atoms with Crippen molar-refractivity contribution in [2.45, 2.75) is 102 Å². The van der Waals surface area contributed by atoms with E-state index in [1.54, 1.807) is 0 Å². The Morgan fingerprint density at radius 2 is 1.23 bits per heavy atom. The van der Waals surface area contributed by atoms with Gasteiger partial charge in [-0.05, 0) is 61.6 Å². The molecule has 47 heavy (non-hydrogen) atoms. The van der Waals surface area contributed by atoms with Gasteiger partial charge in [-0.25, -0.2) is 0 Å². The lowest BCUT2D eigenvalue weighted by Crippen LogP contribution is -2.70. The summed E-state index contributed by atoms with van der Waals surface area (Å²) in [6, 6.07) is 5.70. The first-order valence-electron chi connectivity index (χ1n) is 14.6. The molecule has 0 amide bonds. The van der Waals surface area contributed by atoms with Crippen molar-refractivity contribution in [2.75, 3.05) is 13.2 Å². The summed E-state index contributed by atoms with van der Waals surface area (Å²) in [5.41, 5.74) is 0.654. The Kier molecular flexibility index (Phi) is 15.2. The van der Waals surface area contributed by atoms with Crippen molar-refractivity contribution in [3.05, 3.63) is 54.1 Å². The van der Waals surface area contributed by atoms with E-state index in [2.05, 4.69) is 13.0 Å². The molecular formula is C31H39F13O3. The summed E-state index contributed by atoms with van der Waals surface area (Å²) in [7, 11) is 0. The molecule has 0 bridgehead atoms. The van der Waals surface area contributed by atoms with Crippen LogP contribution < -0.4 is 4.74 Å². The van der Waals surface area contributed by atoms with Gasteiger partial charge >= 0.3 is 35.8 Å². The SMILES string of the molecule is C[C@@H](CO)C/C=C/[C@@H](C)C/C=C/[C@H](C)[C@@H](C)OCc1ccc(OCCCC(F)(F)C(F)(F)C(F)(F)C(F)(F)C(F)(F)C(F)(F)F)cc1. The fourth-order valence-electron chi connectivity index (χ4n) is 3.87. The topological polar surface area (TPSA) is 38.7 Å². The molecule has 1 aromatic rings. The summed E-state index contributed by atoms with van der Waals surface area (Å²) in [5.74, 6) is -36.3. The molecule has 0 saturated heterocycles. The molecular weight excluding hydrogens is 667 g/mol. The van der Waals surface area contributed by atoms with Crippen molar-refractivity contribution >= 4 is 0 Å². The fourth-order valence-corrected chi connectivity index (χ4v) is 3.87. The maximum Gasteiger partial charge on any atom is 0.460 e. The van der Waals surface area contributed by atoms with Gasteiger partial charge in [-0.3, -0.25) is 0 Å². The van der Waals surface area contributed by atoms with Crippen LogP contribution in [0.3, 0.4) is 0 Å². The van der Waals surface area contributed by atoms with Crippen LogP contribution >= 0.6 is 0 Å². The van der Waals surface area contributed by atoms with E-state index in [0.717, 1.165) is 12.8 Å². The van der Waals surface area contributed by atoms with Gasteiger partial charge in [0, 0.05) is 13.0 Å². The predicted octanol–water partition coefficient (Wildman–Crippen LogP) is 10.3. The van der Waals surface area contributed by atoms with Crippen molar-refractivity contribution in [2.24, 2.45) is 17.8 Å². The smallest absolute Gasteiger partial charge is 0.460 e. The highest BCUT2D eigenvalue weighted by Crippen LogP contribution is 2.60. The number of hydrogen-bond acceptors (Lipinski definition) is 3. The van der Waals surface area contributed by atoms with Gasteiger partial charge < -0.3 is 14.6 Å². The number of allylic oxidation sites excluding steroid dienone is 3. The van der Waals surface area contributed by atoms with Gasteiger partial charge in [0.1, 0.15) is 5.75 Å². The van der Waals surface area contributed by atoms with Gasteiger partial charge in [-0.15, -0.1) is 0 Å². The van der Waals surface area contributed by atoms with E-state index < -0.39 is 55.2 Å². The summed E-state index contributed by atoms with van der Waals surface area (Å²) in [5, 5.41) is 9.06. The minimum absolute atomic E-state index is 0.00356. The molecule has 0 heterocycles. The average Bonchev–Trinajstić information content (AvgIpc) is 2.97. The largest absolute Gasteiger partial charge is 0.494 e. The minimum atomic E-state index is -7.91. The van der Waals surface area contributed by atoms with Crippen LogP contribution in [0.5, 0.6) is 5.75 Å². The zero-order chi connectivity index (χ0) is 36.5. The van der Waals surface area contributed by atoms with Gasteiger partial charge in [-0.2, -0.15) is 57.1 Å². The molecule has 3 nitrogen and oxygen atoms in total. The summed E-state index contributed by atoms with van der Waals surface area (Å²) in [4.78, 5) is 0. The third-order valence-electron chi connectivity index (χ3n) is 7.34. The Balaban J connectivity index is 2.62. The average molecular weight is 707 g/mol. The first-order chi connectivity index (χ1) is 21.4. The number of hydrogen-bond donors (Lipinski definition) is 1. The van der Waals surface area contributed by atoms with Crippen molar-refractivity contribution < 1.29 is 71.7 Å². The van der Waals surface area contributed by atoms with E-state index in [0.29, 0.717) is 11.5 Å². The van der Waals surface area contributed by atoms with Crippen molar-refractivity contribution in [1.29, 1.82) is 0 Å². The highest BCUT2D eigenvalue weighted by molar-refractivity contribution is 5.27. The van der Waals surface area contributed by atoms with Crippen LogP contribution in [0, 0.1) is 17.8 Å². The molecule has 0 aromatic heterocycles.